The maximum atomic E-state index is 6.26. The van der Waals surface area contributed by atoms with Gasteiger partial charge in [-0.1, -0.05) is 19.8 Å². The summed E-state index contributed by atoms with van der Waals surface area (Å²) in [6.07, 6.45) is 8.94. The van der Waals surface area contributed by atoms with Crippen LogP contribution < -0.4 is 5.73 Å². The molecule has 0 amide bonds. The van der Waals surface area contributed by atoms with Gasteiger partial charge in [0.25, 0.3) is 0 Å². The van der Waals surface area contributed by atoms with Crippen molar-refractivity contribution in [2.24, 2.45) is 11.1 Å². The molecule has 0 radical (unpaired) electrons. The molecule has 0 aromatic carbocycles. The van der Waals surface area contributed by atoms with E-state index in [4.69, 9.17) is 10.5 Å². The summed E-state index contributed by atoms with van der Waals surface area (Å²) in [5.41, 5.74) is 6.94. The average molecular weight is 254 g/mol. The fraction of sp³-hybridized carbons (Fsp3) is 1.00. The molecule has 2 fully saturated rings. The highest BCUT2D eigenvalue weighted by Crippen LogP contribution is 2.54. The fourth-order valence-corrected chi connectivity index (χ4v) is 4.37. The molecular weight excluding hydrogens is 224 g/mol. The summed E-state index contributed by atoms with van der Waals surface area (Å²) >= 11 is 0. The Morgan fingerprint density at radius 3 is 2.50 bits per heavy atom. The summed E-state index contributed by atoms with van der Waals surface area (Å²) in [4.78, 5) is 2.59. The van der Waals surface area contributed by atoms with Crippen LogP contribution in [0.2, 0.25) is 0 Å². The minimum Gasteiger partial charge on any atom is -0.381 e. The van der Waals surface area contributed by atoms with Gasteiger partial charge in [-0.25, -0.2) is 0 Å². The van der Waals surface area contributed by atoms with Crippen molar-refractivity contribution in [2.45, 2.75) is 57.4 Å². The Hall–Kier alpha value is -0.120. The van der Waals surface area contributed by atoms with Crippen molar-refractivity contribution in [3.05, 3.63) is 0 Å². The Labute approximate surface area is 112 Å². The van der Waals surface area contributed by atoms with Crippen molar-refractivity contribution in [1.29, 1.82) is 0 Å². The summed E-state index contributed by atoms with van der Waals surface area (Å²) in [7, 11) is 2.30. The van der Waals surface area contributed by atoms with Gasteiger partial charge in [-0.3, -0.25) is 4.90 Å². The molecule has 2 N–H and O–H groups in total. The second-order valence-corrected chi connectivity index (χ2v) is 6.26. The van der Waals surface area contributed by atoms with Gasteiger partial charge in [-0.15, -0.1) is 0 Å². The van der Waals surface area contributed by atoms with Crippen LogP contribution in [-0.2, 0) is 4.74 Å². The monoisotopic (exact) mass is 254 g/mol. The van der Waals surface area contributed by atoms with Crippen LogP contribution in [0.25, 0.3) is 0 Å². The number of ether oxygens (including phenoxy) is 1. The lowest BCUT2D eigenvalue weighted by molar-refractivity contribution is -0.0678. The topological polar surface area (TPSA) is 38.5 Å². The molecule has 2 aliphatic rings. The molecule has 0 bridgehead atoms. The summed E-state index contributed by atoms with van der Waals surface area (Å²) in [5, 5.41) is 0. The van der Waals surface area contributed by atoms with E-state index in [0.29, 0.717) is 5.41 Å². The van der Waals surface area contributed by atoms with Crippen LogP contribution in [0.15, 0.2) is 0 Å². The summed E-state index contributed by atoms with van der Waals surface area (Å²) in [6, 6.07) is 0. The van der Waals surface area contributed by atoms with Crippen LogP contribution >= 0.6 is 0 Å². The molecule has 1 spiro atoms. The van der Waals surface area contributed by atoms with E-state index < -0.39 is 0 Å². The minimum absolute atomic E-state index is 0.242. The van der Waals surface area contributed by atoms with Gasteiger partial charge in [0.2, 0.25) is 0 Å². The van der Waals surface area contributed by atoms with E-state index in [1.807, 2.05) is 0 Å². The van der Waals surface area contributed by atoms with Gasteiger partial charge in [-0.2, -0.15) is 0 Å². The molecule has 0 aromatic heterocycles. The first-order valence-electron chi connectivity index (χ1n) is 7.70. The van der Waals surface area contributed by atoms with Crippen molar-refractivity contribution in [3.8, 4) is 0 Å². The molecular formula is C15H30N2O. The first kappa shape index (κ1) is 14.3. The molecule has 1 heterocycles. The van der Waals surface area contributed by atoms with Gasteiger partial charge < -0.3 is 10.5 Å². The SMILES string of the molecule is CCCCN(C)C1(CN)CCCC12CCOCC2. The molecule has 18 heavy (non-hydrogen) atoms. The van der Waals surface area contributed by atoms with Crippen LogP contribution in [0.3, 0.4) is 0 Å². The Kier molecular flexibility index (Phi) is 4.68. The largest absolute Gasteiger partial charge is 0.381 e. The zero-order chi connectivity index (χ0) is 13.1. The third-order valence-electron chi connectivity index (χ3n) is 5.60. The van der Waals surface area contributed by atoms with Gasteiger partial charge in [0.15, 0.2) is 0 Å². The zero-order valence-corrected chi connectivity index (χ0v) is 12.2. The number of nitrogens with zero attached hydrogens (tertiary/aromatic N) is 1. The van der Waals surface area contributed by atoms with Crippen molar-refractivity contribution in [2.75, 3.05) is 33.4 Å². The maximum Gasteiger partial charge on any atom is 0.0472 e. The molecule has 2 rings (SSSR count). The second kappa shape index (κ2) is 5.89. The van der Waals surface area contributed by atoms with E-state index in [9.17, 15) is 0 Å². The van der Waals surface area contributed by atoms with E-state index >= 15 is 0 Å². The normalized spacial score (nSPS) is 31.3. The van der Waals surface area contributed by atoms with Gasteiger partial charge in [0.05, 0.1) is 0 Å². The predicted octanol–water partition coefficient (Wildman–Crippen LogP) is 2.40. The molecule has 3 heteroatoms. The molecule has 1 saturated carbocycles. The van der Waals surface area contributed by atoms with E-state index in [2.05, 4.69) is 18.9 Å². The van der Waals surface area contributed by atoms with Crippen LogP contribution in [0, 0.1) is 5.41 Å². The third-order valence-corrected chi connectivity index (χ3v) is 5.60. The summed E-state index contributed by atoms with van der Waals surface area (Å²) in [6.45, 7) is 6.14. The van der Waals surface area contributed by atoms with Gasteiger partial charge in [0.1, 0.15) is 0 Å². The summed E-state index contributed by atoms with van der Waals surface area (Å²) < 4.78 is 5.60. The molecule has 1 aliphatic heterocycles. The average Bonchev–Trinajstić information content (AvgIpc) is 2.76. The predicted molar refractivity (Wildman–Crippen MR) is 75.7 cm³/mol. The molecule has 1 unspecified atom stereocenters. The minimum atomic E-state index is 0.242. The molecule has 0 aromatic rings. The first-order chi connectivity index (χ1) is 8.71. The van der Waals surface area contributed by atoms with Gasteiger partial charge in [0, 0.05) is 25.3 Å². The van der Waals surface area contributed by atoms with E-state index in [-0.39, 0.29) is 5.54 Å². The molecule has 106 valence electrons. The van der Waals surface area contributed by atoms with Crippen LogP contribution in [-0.4, -0.2) is 43.8 Å². The van der Waals surface area contributed by atoms with Crippen molar-refractivity contribution < 1.29 is 4.74 Å². The second-order valence-electron chi connectivity index (χ2n) is 6.26. The Morgan fingerprint density at radius 2 is 1.89 bits per heavy atom. The number of hydrogen-bond donors (Lipinski definition) is 1. The molecule has 1 aliphatic carbocycles. The molecule has 1 saturated heterocycles. The number of hydrogen-bond acceptors (Lipinski definition) is 3. The van der Waals surface area contributed by atoms with Crippen LogP contribution in [0.4, 0.5) is 0 Å². The van der Waals surface area contributed by atoms with Crippen LogP contribution in [0.1, 0.15) is 51.9 Å². The van der Waals surface area contributed by atoms with Crippen molar-refractivity contribution in [3.63, 3.8) is 0 Å². The van der Waals surface area contributed by atoms with Gasteiger partial charge >= 0.3 is 0 Å². The lowest BCUT2D eigenvalue weighted by Crippen LogP contribution is -2.61. The number of unbranched alkanes of at least 4 members (excludes halogenated alkanes) is 1. The van der Waals surface area contributed by atoms with Gasteiger partial charge in [-0.05, 0) is 51.1 Å². The molecule has 1 atom stereocenters. The third kappa shape index (κ3) is 2.21. The standard InChI is InChI=1S/C15H30N2O/c1-3-4-10-17(2)15(13-16)7-5-6-14(15)8-11-18-12-9-14/h3-13,16H2,1-2H3. The van der Waals surface area contributed by atoms with E-state index in [0.717, 1.165) is 19.8 Å². The Balaban J connectivity index is 2.17. The molecule has 3 nitrogen and oxygen atoms in total. The van der Waals surface area contributed by atoms with Crippen molar-refractivity contribution >= 4 is 0 Å². The zero-order valence-electron chi connectivity index (χ0n) is 12.2. The number of rotatable bonds is 5. The van der Waals surface area contributed by atoms with E-state index in [1.54, 1.807) is 0 Å². The Morgan fingerprint density at radius 1 is 1.17 bits per heavy atom. The quantitative estimate of drug-likeness (QED) is 0.819. The van der Waals surface area contributed by atoms with Crippen LogP contribution in [0.5, 0.6) is 0 Å². The lowest BCUT2D eigenvalue weighted by atomic mass is 9.66. The van der Waals surface area contributed by atoms with Crippen molar-refractivity contribution in [1.82, 2.24) is 4.90 Å². The fourth-order valence-electron chi connectivity index (χ4n) is 4.37. The smallest absolute Gasteiger partial charge is 0.0472 e. The van der Waals surface area contributed by atoms with E-state index in [1.165, 1.54) is 51.5 Å². The lowest BCUT2D eigenvalue weighted by Gasteiger charge is -2.53. The number of likely N-dealkylation sites (N-methyl/N-ethyl adjacent to an activating group) is 1. The maximum absolute atomic E-state index is 6.26. The highest BCUT2D eigenvalue weighted by Gasteiger charge is 2.55. The highest BCUT2D eigenvalue weighted by atomic mass is 16.5. The first-order valence-corrected chi connectivity index (χ1v) is 7.70. The summed E-state index contributed by atoms with van der Waals surface area (Å²) in [5.74, 6) is 0. The highest BCUT2D eigenvalue weighted by molar-refractivity contribution is 5.10. The number of nitrogens with two attached hydrogens (primary N) is 1. The Bertz CT molecular complexity index is 263.